The molecule has 3 aliphatic rings. The zero-order valence-electron chi connectivity index (χ0n) is 46.1. The highest BCUT2D eigenvalue weighted by molar-refractivity contribution is 5.87. The predicted molar refractivity (Wildman–Crippen MR) is 297 cm³/mol. The number of benzene rings is 2. The minimum Gasteiger partial charge on any atom is -0.481 e. The second-order valence-electron chi connectivity index (χ2n) is 21.8. The van der Waals surface area contributed by atoms with Crippen LogP contribution in [0.5, 0.6) is 0 Å². The molecule has 0 unspecified atom stereocenters. The van der Waals surface area contributed by atoms with Gasteiger partial charge in [-0.25, -0.2) is 0 Å². The number of amides is 1. The first-order valence-corrected chi connectivity index (χ1v) is 27.7. The number of aliphatic carboxylic acids is 1. The monoisotopic (exact) mass is 1120 g/mol. The Balaban J connectivity index is 1.35. The van der Waals surface area contributed by atoms with Crippen LogP contribution in [-0.4, -0.2) is 178 Å². The van der Waals surface area contributed by atoms with Crippen molar-refractivity contribution in [1.29, 1.82) is 0 Å². The van der Waals surface area contributed by atoms with Crippen LogP contribution in [0.15, 0.2) is 115 Å². The number of carbonyl (C=O) groups is 3. The number of allylic oxidation sites excluding steroid dienone is 10. The topological polar surface area (TPSA) is 349 Å². The van der Waals surface area contributed by atoms with E-state index in [1.807, 2.05) is 85.8 Å². The molecule has 3 aliphatic heterocycles. The van der Waals surface area contributed by atoms with E-state index in [2.05, 4.69) is 5.32 Å². The number of nitrogens with one attached hydrogen (secondary N) is 1. The second-order valence-corrected chi connectivity index (χ2v) is 21.8. The molecule has 2 fully saturated rings. The molecule has 0 aromatic heterocycles. The Labute approximate surface area is 468 Å². The molecule has 20 atom stereocenters. The van der Waals surface area contributed by atoms with Crippen molar-refractivity contribution in [2.24, 2.45) is 23.5 Å². The van der Waals surface area contributed by atoms with E-state index >= 15 is 0 Å². The van der Waals surface area contributed by atoms with E-state index in [0.717, 1.165) is 29.2 Å². The normalized spacial score (nSPS) is 39.3. The van der Waals surface area contributed by atoms with Gasteiger partial charge in [0.05, 0.1) is 79.5 Å². The Morgan fingerprint density at radius 1 is 0.713 bits per heavy atom. The third kappa shape index (κ3) is 20.2. The average molecular weight is 1120 g/mol. The molecule has 444 valence electrons. The van der Waals surface area contributed by atoms with Gasteiger partial charge in [-0.05, 0) is 75.1 Å². The van der Waals surface area contributed by atoms with E-state index in [-0.39, 0.29) is 38.0 Å². The highest BCUT2D eigenvalue weighted by atomic mass is 16.7. The molecule has 20 heteroatoms. The molecule has 2 saturated heterocycles. The van der Waals surface area contributed by atoms with Crippen molar-refractivity contribution in [2.45, 2.75) is 202 Å². The molecule has 2 aromatic carbocycles. The predicted octanol–water partition coefficient (Wildman–Crippen LogP) is 2.82. The number of carbonyl (C=O) groups excluding carboxylic acids is 2. The number of cyclic esters (lactones) is 1. The number of hydrogen-bond acceptors (Lipinski definition) is 18. The van der Waals surface area contributed by atoms with Gasteiger partial charge in [0.2, 0.25) is 5.91 Å². The molecule has 3 heterocycles. The van der Waals surface area contributed by atoms with Crippen molar-refractivity contribution in [3.8, 4) is 0 Å². The minimum absolute atomic E-state index is 0.134. The number of carboxylic acid groups (broad SMARTS) is 1. The van der Waals surface area contributed by atoms with Gasteiger partial charge in [0.1, 0.15) is 24.2 Å². The van der Waals surface area contributed by atoms with Gasteiger partial charge in [-0.1, -0.05) is 129 Å². The quantitative estimate of drug-likeness (QED) is 0.177. The van der Waals surface area contributed by atoms with Crippen molar-refractivity contribution < 1.29 is 89.5 Å². The van der Waals surface area contributed by atoms with Crippen LogP contribution in [0.25, 0.3) is 10.8 Å². The van der Waals surface area contributed by atoms with Crippen LogP contribution in [0.2, 0.25) is 0 Å². The van der Waals surface area contributed by atoms with Crippen LogP contribution >= 0.6 is 0 Å². The van der Waals surface area contributed by atoms with E-state index in [4.69, 9.17) is 24.7 Å². The number of carboxylic acids is 1. The lowest BCUT2D eigenvalue weighted by molar-refractivity contribution is -0.310. The third-order valence-corrected chi connectivity index (χ3v) is 15.2. The zero-order valence-corrected chi connectivity index (χ0v) is 46.1. The summed E-state index contributed by atoms with van der Waals surface area (Å²) in [6.45, 7) is 6.73. The fraction of sp³-hybridized carbons (Fsp3) is 0.583. The van der Waals surface area contributed by atoms with Crippen LogP contribution < -0.4 is 11.1 Å². The Hall–Kier alpha value is -5.01. The van der Waals surface area contributed by atoms with E-state index in [9.17, 15) is 70.6 Å². The molecule has 1 amide bonds. The molecule has 0 saturated carbocycles. The Bertz CT molecular complexity index is 2440. The summed E-state index contributed by atoms with van der Waals surface area (Å²) in [5.41, 5.74) is 7.22. The van der Waals surface area contributed by atoms with E-state index in [0.29, 0.717) is 0 Å². The molecular formula is C60H86N2O18. The van der Waals surface area contributed by atoms with Gasteiger partial charge in [0, 0.05) is 31.1 Å². The molecule has 20 nitrogen and oxygen atoms in total. The Kier molecular flexibility index (Phi) is 26.3. The lowest BCUT2D eigenvalue weighted by atomic mass is 9.82. The first-order valence-electron chi connectivity index (χ1n) is 27.7. The number of aliphatic hydroxyl groups is 10. The molecule has 2 bridgehead atoms. The molecule has 5 rings (SSSR count). The second kappa shape index (κ2) is 32.0. The number of hydrogen-bond donors (Lipinski definition) is 13. The Morgan fingerprint density at radius 2 is 1.34 bits per heavy atom. The third-order valence-electron chi connectivity index (χ3n) is 15.2. The largest absolute Gasteiger partial charge is 0.481 e. The zero-order chi connectivity index (χ0) is 58.7. The van der Waals surface area contributed by atoms with Gasteiger partial charge in [-0.2, -0.15) is 0 Å². The highest BCUT2D eigenvalue weighted by Crippen LogP contribution is 2.38. The Morgan fingerprint density at radius 3 is 2.05 bits per heavy atom. The molecule has 0 radical (unpaired) electrons. The fourth-order valence-corrected chi connectivity index (χ4v) is 10.3. The van der Waals surface area contributed by atoms with Gasteiger partial charge in [-0.3, -0.25) is 14.4 Å². The summed E-state index contributed by atoms with van der Waals surface area (Å²) in [5, 5.41) is 126. The summed E-state index contributed by atoms with van der Waals surface area (Å²) >= 11 is 0. The molecule has 0 aliphatic carbocycles. The first kappa shape index (κ1) is 65.8. The molecule has 0 spiro atoms. The summed E-state index contributed by atoms with van der Waals surface area (Å²) in [4.78, 5) is 39.1. The van der Waals surface area contributed by atoms with E-state index in [1.54, 1.807) is 44.2 Å². The average Bonchev–Trinajstić information content (AvgIpc) is 3.48. The van der Waals surface area contributed by atoms with Crippen molar-refractivity contribution >= 4 is 28.6 Å². The van der Waals surface area contributed by atoms with Gasteiger partial charge >= 0.3 is 11.9 Å². The number of rotatable bonds is 7. The van der Waals surface area contributed by atoms with Crippen LogP contribution in [-0.2, 0) is 39.8 Å². The van der Waals surface area contributed by atoms with Crippen LogP contribution in [0.3, 0.4) is 0 Å². The summed E-state index contributed by atoms with van der Waals surface area (Å²) in [6.07, 6.45) is 0.576. The van der Waals surface area contributed by atoms with Crippen LogP contribution in [0.4, 0.5) is 0 Å². The van der Waals surface area contributed by atoms with Gasteiger partial charge in [0.15, 0.2) is 12.1 Å². The lowest BCUT2D eigenvalue weighted by Crippen LogP contribution is -2.65. The maximum atomic E-state index is 13.7. The van der Waals surface area contributed by atoms with E-state index < -0.39 is 159 Å². The fourth-order valence-electron chi connectivity index (χ4n) is 10.3. The molecular weight excluding hydrogens is 1040 g/mol. The molecule has 2 aromatic rings. The highest BCUT2D eigenvalue weighted by Gasteiger charge is 2.51. The van der Waals surface area contributed by atoms with Crippen molar-refractivity contribution in [3.63, 3.8) is 0 Å². The number of aliphatic hydroxyl groups excluding tert-OH is 9. The smallest absolute Gasteiger partial charge is 0.311 e. The van der Waals surface area contributed by atoms with Crippen LogP contribution in [0, 0.1) is 17.8 Å². The molecule has 80 heavy (non-hydrogen) atoms. The maximum absolute atomic E-state index is 13.7. The summed E-state index contributed by atoms with van der Waals surface area (Å²) in [7, 11) is 0. The van der Waals surface area contributed by atoms with Crippen molar-refractivity contribution in [3.05, 3.63) is 121 Å². The minimum atomic E-state index is -2.43. The summed E-state index contributed by atoms with van der Waals surface area (Å²) < 4.78 is 23.8. The SMILES string of the molecule is C[C@@H]1[C@H](O)[C@@H](C)/C=C/C=C/CC/C=C/C=C/C=C/C=C/[C@H](O[C@H]2O[C@H](C)[C@@H](O)[C@H](NC(=O)[C@H](N)Cc3cccc4ccccc34)[C@@H]2O)C[C@@H]2O[C@](O)(C[C@@H](O)[C@H](O)CC[C@@H](O)C[C@@H](O)C[C@@H](O)CC(=O)O[C@H]1C)C[C@H](O)[C@H]2C(=O)O. The van der Waals surface area contributed by atoms with Crippen molar-refractivity contribution in [2.75, 3.05) is 0 Å². The lowest BCUT2D eigenvalue weighted by Gasteiger charge is -2.45. The van der Waals surface area contributed by atoms with Gasteiger partial charge < -0.3 is 86.2 Å². The van der Waals surface area contributed by atoms with Gasteiger partial charge in [-0.15, -0.1) is 0 Å². The van der Waals surface area contributed by atoms with E-state index in [1.165, 1.54) is 13.0 Å². The molecule has 14 N–H and O–H groups in total. The maximum Gasteiger partial charge on any atom is 0.311 e. The number of fused-ring (bicyclic) bond motifs is 3. The van der Waals surface area contributed by atoms with Crippen LogP contribution in [0.1, 0.15) is 97.5 Å². The number of nitrogens with two attached hydrogens (primary N) is 1. The van der Waals surface area contributed by atoms with Crippen molar-refractivity contribution in [1.82, 2.24) is 5.32 Å². The number of esters is 1. The first-order chi connectivity index (χ1) is 38.0. The summed E-state index contributed by atoms with van der Waals surface area (Å²) in [6, 6.07) is 10.8. The number of ether oxygens (including phenoxy) is 4. The summed E-state index contributed by atoms with van der Waals surface area (Å²) in [5.74, 6) is -7.73. The standard InChI is InChI=1S/C60H86N2O18/c1-35-20-15-13-11-9-7-5-6-8-10-12-14-16-24-44(79-59-56(72)53(55(71)38(4)78-59)62-57(73)46(61)28-40-23-19-22-39-21-17-18-25-45(39)40)32-50-52(58(74)75)49(68)34-60(76,80-50)33-48(67)47(66)27-26-41(63)29-42(64)30-43(65)31-51(69)77-37(3)36(2)54(35)70/h5-6,8,10-25,35-38,41-44,46-50,52-56,59,63-68,70-72,76H,7,9,26-34,61H2,1-4H3,(H,62,73)(H,74,75)/b6-5+,10-8+,13-11+,14-12+,20-15+,24-16+/t35-,36-,37-,38+,41+,42+,43+,44-,46+,47+,48+,49-,50-,52+,53-,54+,55+,56-,59+,60+/m0/s1. The van der Waals surface area contributed by atoms with Gasteiger partial charge in [0.25, 0.3) is 0 Å².